The van der Waals surface area contributed by atoms with Gasteiger partial charge < -0.3 is 10.2 Å². The van der Waals surface area contributed by atoms with E-state index in [2.05, 4.69) is 61.6 Å². The minimum absolute atomic E-state index is 0.436. The van der Waals surface area contributed by atoms with Crippen molar-refractivity contribution in [2.75, 3.05) is 20.6 Å². The van der Waals surface area contributed by atoms with Crippen LogP contribution in [0.4, 0.5) is 0 Å². The lowest BCUT2D eigenvalue weighted by atomic mass is 9.81. The highest BCUT2D eigenvalue weighted by molar-refractivity contribution is 5.19. The molecule has 19 heavy (non-hydrogen) atoms. The summed E-state index contributed by atoms with van der Waals surface area (Å²) < 4.78 is 0. The molecule has 0 aliphatic heterocycles. The van der Waals surface area contributed by atoms with Gasteiger partial charge in [0.25, 0.3) is 0 Å². The van der Waals surface area contributed by atoms with Crippen LogP contribution in [0.5, 0.6) is 0 Å². The molecule has 1 fully saturated rings. The Labute approximate surface area is 118 Å². The van der Waals surface area contributed by atoms with Gasteiger partial charge in [-0.05, 0) is 38.9 Å². The predicted molar refractivity (Wildman–Crippen MR) is 82.3 cm³/mol. The van der Waals surface area contributed by atoms with Crippen LogP contribution < -0.4 is 5.32 Å². The van der Waals surface area contributed by atoms with Crippen LogP contribution in [0.15, 0.2) is 30.3 Å². The summed E-state index contributed by atoms with van der Waals surface area (Å²) >= 11 is 0. The van der Waals surface area contributed by atoms with Crippen LogP contribution in [0, 0.1) is 5.92 Å². The quantitative estimate of drug-likeness (QED) is 0.807. The highest BCUT2D eigenvalue weighted by Crippen LogP contribution is 2.30. The van der Waals surface area contributed by atoms with Gasteiger partial charge in [-0.3, -0.25) is 0 Å². The van der Waals surface area contributed by atoms with Crippen LogP contribution >= 0.6 is 0 Å². The van der Waals surface area contributed by atoms with Crippen molar-refractivity contribution >= 4 is 0 Å². The molecule has 1 aliphatic carbocycles. The van der Waals surface area contributed by atoms with Gasteiger partial charge in [0.15, 0.2) is 0 Å². The van der Waals surface area contributed by atoms with Crippen molar-refractivity contribution in [3.8, 4) is 0 Å². The van der Waals surface area contributed by atoms with Crippen molar-refractivity contribution in [2.45, 2.75) is 44.7 Å². The molecule has 1 aliphatic rings. The monoisotopic (exact) mass is 260 g/mol. The molecule has 2 rings (SSSR count). The highest BCUT2D eigenvalue weighted by Gasteiger charge is 2.22. The first-order valence-corrected chi connectivity index (χ1v) is 7.61. The fourth-order valence-corrected chi connectivity index (χ4v) is 2.94. The van der Waals surface area contributed by atoms with Gasteiger partial charge in [-0.2, -0.15) is 0 Å². The molecule has 0 radical (unpaired) electrons. The van der Waals surface area contributed by atoms with Gasteiger partial charge >= 0.3 is 0 Å². The summed E-state index contributed by atoms with van der Waals surface area (Å²) in [5.74, 6) is 0.971. The maximum absolute atomic E-state index is 3.82. The SMILES string of the molecule is CC(CC1CCC1)NC(CN(C)C)c1ccccc1. The molecule has 2 unspecified atom stereocenters. The molecule has 0 bridgehead atoms. The Bertz CT molecular complexity index is 357. The first-order chi connectivity index (χ1) is 9.15. The van der Waals surface area contributed by atoms with E-state index in [0.717, 1.165) is 12.5 Å². The van der Waals surface area contributed by atoms with Crippen molar-refractivity contribution in [3.05, 3.63) is 35.9 Å². The lowest BCUT2D eigenvalue weighted by Crippen LogP contribution is -2.38. The fourth-order valence-electron chi connectivity index (χ4n) is 2.94. The Morgan fingerprint density at radius 3 is 2.42 bits per heavy atom. The topological polar surface area (TPSA) is 15.3 Å². The Morgan fingerprint density at radius 1 is 1.21 bits per heavy atom. The summed E-state index contributed by atoms with van der Waals surface area (Å²) in [6.45, 7) is 3.39. The minimum Gasteiger partial charge on any atom is -0.308 e. The van der Waals surface area contributed by atoms with Crippen molar-refractivity contribution in [1.82, 2.24) is 10.2 Å². The number of nitrogens with one attached hydrogen (secondary N) is 1. The van der Waals surface area contributed by atoms with Crippen LogP contribution in [0.3, 0.4) is 0 Å². The van der Waals surface area contributed by atoms with E-state index in [4.69, 9.17) is 0 Å². The molecule has 0 spiro atoms. The molecule has 2 heteroatoms. The first-order valence-electron chi connectivity index (χ1n) is 7.61. The highest BCUT2D eigenvalue weighted by atomic mass is 15.1. The Kier molecular flexibility index (Phi) is 5.41. The van der Waals surface area contributed by atoms with Crippen molar-refractivity contribution < 1.29 is 0 Å². The molecule has 2 nitrogen and oxygen atoms in total. The van der Waals surface area contributed by atoms with E-state index in [1.54, 1.807) is 0 Å². The van der Waals surface area contributed by atoms with Gasteiger partial charge in [-0.25, -0.2) is 0 Å². The zero-order chi connectivity index (χ0) is 13.7. The van der Waals surface area contributed by atoms with E-state index in [1.165, 1.54) is 31.2 Å². The summed E-state index contributed by atoms with van der Waals surface area (Å²) in [5, 5.41) is 3.82. The molecule has 1 saturated carbocycles. The second-order valence-electron chi connectivity index (χ2n) is 6.33. The van der Waals surface area contributed by atoms with E-state index >= 15 is 0 Å². The van der Waals surface area contributed by atoms with Crippen molar-refractivity contribution in [1.29, 1.82) is 0 Å². The summed E-state index contributed by atoms with van der Waals surface area (Å²) in [6.07, 6.45) is 5.65. The fraction of sp³-hybridized carbons (Fsp3) is 0.647. The van der Waals surface area contributed by atoms with E-state index in [0.29, 0.717) is 12.1 Å². The second-order valence-corrected chi connectivity index (χ2v) is 6.33. The molecular formula is C17H28N2. The number of nitrogens with zero attached hydrogens (tertiary/aromatic N) is 1. The number of likely N-dealkylation sites (N-methyl/N-ethyl adjacent to an activating group) is 1. The molecule has 0 aromatic heterocycles. The van der Waals surface area contributed by atoms with Gasteiger partial charge in [-0.15, -0.1) is 0 Å². The summed E-state index contributed by atoms with van der Waals surface area (Å²) in [5.41, 5.74) is 1.40. The van der Waals surface area contributed by atoms with Crippen molar-refractivity contribution in [2.24, 2.45) is 5.92 Å². The summed E-state index contributed by atoms with van der Waals surface area (Å²) in [4.78, 5) is 2.26. The number of rotatable bonds is 7. The van der Waals surface area contributed by atoms with E-state index in [-0.39, 0.29) is 0 Å². The molecule has 0 heterocycles. The third-order valence-corrected chi connectivity index (χ3v) is 4.15. The Balaban J connectivity index is 1.93. The summed E-state index contributed by atoms with van der Waals surface area (Å²) in [6, 6.07) is 11.9. The third-order valence-electron chi connectivity index (χ3n) is 4.15. The van der Waals surface area contributed by atoms with Gasteiger partial charge in [0.2, 0.25) is 0 Å². The van der Waals surface area contributed by atoms with E-state index in [1.807, 2.05) is 0 Å². The van der Waals surface area contributed by atoms with E-state index in [9.17, 15) is 0 Å². The maximum atomic E-state index is 3.82. The first kappa shape index (κ1) is 14.5. The molecule has 1 aromatic rings. The number of benzene rings is 1. The van der Waals surface area contributed by atoms with Crippen LogP contribution in [-0.4, -0.2) is 31.6 Å². The van der Waals surface area contributed by atoms with E-state index < -0.39 is 0 Å². The smallest absolute Gasteiger partial charge is 0.0451 e. The average Bonchev–Trinajstić information content (AvgIpc) is 2.34. The largest absolute Gasteiger partial charge is 0.308 e. The molecule has 0 saturated heterocycles. The standard InChI is InChI=1S/C17H28N2/c1-14(12-15-8-7-9-15)18-17(13-19(2)3)16-10-5-4-6-11-16/h4-6,10-11,14-15,17-18H,7-9,12-13H2,1-3H3. The van der Waals surface area contributed by atoms with Gasteiger partial charge in [0.1, 0.15) is 0 Å². The third kappa shape index (κ3) is 4.63. The second kappa shape index (κ2) is 7.06. The number of hydrogen-bond acceptors (Lipinski definition) is 2. The summed E-state index contributed by atoms with van der Waals surface area (Å²) in [7, 11) is 4.29. The van der Waals surface area contributed by atoms with Gasteiger partial charge in [0, 0.05) is 18.6 Å². The molecule has 2 atom stereocenters. The molecule has 1 N–H and O–H groups in total. The van der Waals surface area contributed by atoms with Gasteiger partial charge in [-0.1, -0.05) is 49.6 Å². The molecular weight excluding hydrogens is 232 g/mol. The lowest BCUT2D eigenvalue weighted by Gasteiger charge is -2.32. The Morgan fingerprint density at radius 2 is 1.89 bits per heavy atom. The van der Waals surface area contributed by atoms with Gasteiger partial charge in [0.05, 0.1) is 0 Å². The normalized spacial score (nSPS) is 19.2. The van der Waals surface area contributed by atoms with Crippen molar-refractivity contribution in [3.63, 3.8) is 0 Å². The molecule has 106 valence electrons. The van der Waals surface area contributed by atoms with Crippen LogP contribution in [0.25, 0.3) is 0 Å². The lowest BCUT2D eigenvalue weighted by molar-refractivity contribution is 0.246. The number of hydrogen-bond donors (Lipinski definition) is 1. The maximum Gasteiger partial charge on any atom is 0.0451 e. The van der Waals surface area contributed by atoms with Crippen LogP contribution in [-0.2, 0) is 0 Å². The predicted octanol–water partition coefficient (Wildman–Crippen LogP) is 3.46. The zero-order valence-electron chi connectivity index (χ0n) is 12.6. The molecule has 1 aromatic carbocycles. The average molecular weight is 260 g/mol. The molecule has 0 amide bonds. The Hall–Kier alpha value is -0.860. The zero-order valence-corrected chi connectivity index (χ0v) is 12.6. The van der Waals surface area contributed by atoms with Crippen LogP contribution in [0.1, 0.15) is 44.2 Å². The van der Waals surface area contributed by atoms with Crippen LogP contribution in [0.2, 0.25) is 0 Å². The minimum atomic E-state index is 0.436.